The van der Waals surface area contributed by atoms with Gasteiger partial charge in [-0.05, 0) is 29.8 Å². The quantitative estimate of drug-likeness (QED) is 0.505. The van der Waals surface area contributed by atoms with Crippen LogP contribution >= 0.6 is 46.4 Å². The van der Waals surface area contributed by atoms with Crippen LogP contribution in [0.3, 0.4) is 0 Å². The number of hydrogen-bond acceptors (Lipinski definition) is 3. The molecule has 0 aliphatic heterocycles. The maximum absolute atomic E-state index is 6.34. The lowest BCUT2D eigenvalue weighted by molar-refractivity contribution is 0.0257. The van der Waals surface area contributed by atoms with Gasteiger partial charge in [-0.1, -0.05) is 58.5 Å². The summed E-state index contributed by atoms with van der Waals surface area (Å²) in [6.45, 7) is 0.751. The molecule has 0 N–H and O–H groups in total. The fourth-order valence-electron chi connectivity index (χ4n) is 2.33. The summed E-state index contributed by atoms with van der Waals surface area (Å²) in [5.74, 6) is 0. The third kappa shape index (κ3) is 4.87. The Kier molecular flexibility index (Phi) is 6.20. The van der Waals surface area contributed by atoms with E-state index >= 15 is 0 Å². The van der Waals surface area contributed by atoms with Gasteiger partial charge in [-0.15, -0.1) is 0 Å². The van der Waals surface area contributed by atoms with Crippen LogP contribution in [0, 0.1) is 0 Å². The molecule has 3 aromatic rings. The van der Waals surface area contributed by atoms with Gasteiger partial charge in [-0.3, -0.25) is 4.68 Å². The third-order valence-electron chi connectivity index (χ3n) is 3.58. The highest BCUT2D eigenvalue weighted by Gasteiger charge is 2.18. The summed E-state index contributed by atoms with van der Waals surface area (Å²) < 4.78 is 7.76. The molecule has 0 spiro atoms. The molecule has 0 aliphatic carbocycles. The molecule has 0 aliphatic rings. The first-order valence-corrected chi connectivity index (χ1v) is 8.87. The normalized spacial score (nSPS) is 12.3. The largest absolute Gasteiger partial charge is 0.367 e. The number of nitrogens with zero attached hydrogens (tertiary/aromatic N) is 3. The summed E-state index contributed by atoms with van der Waals surface area (Å²) in [6.07, 6.45) is 2.74. The van der Waals surface area contributed by atoms with Gasteiger partial charge in [0.1, 0.15) is 18.8 Å². The molecule has 1 heterocycles. The molecular formula is C17H13Cl4N3O. The number of halogens is 4. The molecule has 25 heavy (non-hydrogen) atoms. The molecule has 130 valence electrons. The number of hydrogen-bond donors (Lipinski definition) is 0. The summed E-state index contributed by atoms with van der Waals surface area (Å²) in [7, 11) is 0. The Morgan fingerprint density at radius 1 is 0.960 bits per heavy atom. The molecule has 0 fully saturated rings. The van der Waals surface area contributed by atoms with Crippen LogP contribution in [0.15, 0.2) is 49.1 Å². The van der Waals surface area contributed by atoms with E-state index < -0.39 is 0 Å². The van der Waals surface area contributed by atoms with Gasteiger partial charge in [0.25, 0.3) is 0 Å². The zero-order valence-corrected chi connectivity index (χ0v) is 15.9. The second-order valence-corrected chi connectivity index (χ2v) is 7.01. The molecule has 0 bridgehead atoms. The third-order valence-corrected chi connectivity index (χ3v) is 4.73. The number of aromatic nitrogens is 3. The van der Waals surface area contributed by atoms with Crippen molar-refractivity contribution in [3.8, 4) is 0 Å². The maximum atomic E-state index is 6.34. The zero-order chi connectivity index (χ0) is 17.8. The molecule has 1 atom stereocenters. The Morgan fingerprint density at radius 2 is 1.68 bits per heavy atom. The van der Waals surface area contributed by atoms with Crippen molar-refractivity contribution in [2.45, 2.75) is 19.3 Å². The minimum absolute atomic E-state index is 0.300. The first-order chi connectivity index (χ1) is 12.0. The van der Waals surface area contributed by atoms with E-state index in [1.165, 1.54) is 6.33 Å². The average molecular weight is 417 g/mol. The molecule has 1 aromatic heterocycles. The lowest BCUT2D eigenvalue weighted by Gasteiger charge is -2.20. The number of rotatable bonds is 6. The molecule has 3 rings (SSSR count). The van der Waals surface area contributed by atoms with Crippen molar-refractivity contribution in [1.82, 2.24) is 14.8 Å². The van der Waals surface area contributed by atoms with Gasteiger partial charge in [-0.25, -0.2) is 4.98 Å². The molecule has 8 heteroatoms. The van der Waals surface area contributed by atoms with E-state index in [4.69, 9.17) is 51.1 Å². The topological polar surface area (TPSA) is 39.9 Å². The molecule has 1 unspecified atom stereocenters. The van der Waals surface area contributed by atoms with Crippen LogP contribution in [0.1, 0.15) is 17.2 Å². The lowest BCUT2D eigenvalue weighted by atomic mass is 10.1. The zero-order valence-electron chi connectivity index (χ0n) is 12.9. The van der Waals surface area contributed by atoms with Crippen molar-refractivity contribution >= 4 is 46.4 Å². The van der Waals surface area contributed by atoms with E-state index in [1.807, 2.05) is 12.1 Å². The van der Waals surface area contributed by atoms with Crippen LogP contribution in [0.5, 0.6) is 0 Å². The Bertz CT molecular complexity index is 855. The molecule has 0 saturated heterocycles. The van der Waals surface area contributed by atoms with Gasteiger partial charge >= 0.3 is 0 Å². The van der Waals surface area contributed by atoms with Crippen molar-refractivity contribution in [3.63, 3.8) is 0 Å². The van der Waals surface area contributed by atoms with E-state index in [-0.39, 0.29) is 6.10 Å². The molecule has 0 radical (unpaired) electrons. The van der Waals surface area contributed by atoms with Crippen molar-refractivity contribution in [3.05, 3.63) is 80.3 Å². The lowest BCUT2D eigenvalue weighted by Crippen LogP contribution is -2.14. The minimum atomic E-state index is -0.349. The summed E-state index contributed by atoms with van der Waals surface area (Å²) in [5.41, 5.74) is 1.64. The molecular weight excluding hydrogens is 404 g/mol. The Hall–Kier alpha value is -1.30. The minimum Gasteiger partial charge on any atom is -0.367 e. The van der Waals surface area contributed by atoms with E-state index in [2.05, 4.69) is 10.1 Å². The van der Waals surface area contributed by atoms with Gasteiger partial charge in [-0.2, -0.15) is 5.10 Å². The van der Waals surface area contributed by atoms with Crippen LogP contribution in [0.2, 0.25) is 20.1 Å². The summed E-state index contributed by atoms with van der Waals surface area (Å²) in [6, 6.07) is 10.6. The Morgan fingerprint density at radius 3 is 2.32 bits per heavy atom. The second-order valence-electron chi connectivity index (χ2n) is 5.32. The molecule has 4 nitrogen and oxygen atoms in total. The smallest absolute Gasteiger partial charge is 0.137 e. The van der Waals surface area contributed by atoms with Gasteiger partial charge < -0.3 is 4.74 Å². The predicted octanol–water partition coefficient (Wildman–Crippen LogP) is 5.85. The van der Waals surface area contributed by atoms with Crippen molar-refractivity contribution in [2.24, 2.45) is 0 Å². The Labute approximate surface area is 165 Å². The van der Waals surface area contributed by atoms with Crippen molar-refractivity contribution in [2.75, 3.05) is 0 Å². The predicted molar refractivity (Wildman–Crippen MR) is 100 cm³/mol. The first kappa shape index (κ1) is 18.5. The van der Waals surface area contributed by atoms with Crippen LogP contribution in [0.4, 0.5) is 0 Å². The van der Waals surface area contributed by atoms with Gasteiger partial charge in [0.05, 0.1) is 13.2 Å². The monoisotopic (exact) mass is 415 g/mol. The summed E-state index contributed by atoms with van der Waals surface area (Å²) in [4.78, 5) is 3.95. The molecule has 0 amide bonds. The average Bonchev–Trinajstić information content (AvgIpc) is 3.06. The van der Waals surface area contributed by atoms with Crippen LogP contribution in [-0.4, -0.2) is 14.8 Å². The highest BCUT2D eigenvalue weighted by molar-refractivity contribution is 6.35. The second kappa shape index (κ2) is 8.39. The maximum Gasteiger partial charge on any atom is 0.137 e. The fraction of sp³-hybridized carbons (Fsp3) is 0.176. The van der Waals surface area contributed by atoms with E-state index in [0.29, 0.717) is 33.2 Å². The fourth-order valence-corrected chi connectivity index (χ4v) is 3.32. The summed E-state index contributed by atoms with van der Waals surface area (Å²) >= 11 is 24.5. The van der Waals surface area contributed by atoms with Gasteiger partial charge in [0, 0.05) is 25.7 Å². The Balaban J connectivity index is 1.83. The highest BCUT2D eigenvalue weighted by Crippen LogP contribution is 2.31. The van der Waals surface area contributed by atoms with Crippen LogP contribution in [0.25, 0.3) is 0 Å². The molecule has 2 aromatic carbocycles. The highest BCUT2D eigenvalue weighted by atomic mass is 35.5. The first-order valence-electron chi connectivity index (χ1n) is 7.36. The number of benzene rings is 2. The van der Waals surface area contributed by atoms with E-state index in [1.54, 1.807) is 35.3 Å². The van der Waals surface area contributed by atoms with Crippen LogP contribution < -0.4 is 0 Å². The van der Waals surface area contributed by atoms with Crippen molar-refractivity contribution < 1.29 is 4.74 Å². The van der Waals surface area contributed by atoms with E-state index in [9.17, 15) is 0 Å². The van der Waals surface area contributed by atoms with Crippen molar-refractivity contribution in [1.29, 1.82) is 0 Å². The van der Waals surface area contributed by atoms with E-state index in [0.717, 1.165) is 11.1 Å². The SMILES string of the molecule is Clc1ccc(COC(Cn2cncn2)c2ccc(Cl)cc2Cl)c(Cl)c1. The number of ether oxygens (including phenoxy) is 1. The van der Waals surface area contributed by atoms with Gasteiger partial charge in [0.2, 0.25) is 0 Å². The molecule has 0 saturated carbocycles. The van der Waals surface area contributed by atoms with Crippen LogP contribution in [-0.2, 0) is 17.9 Å². The summed E-state index contributed by atoms with van der Waals surface area (Å²) in [5, 5.41) is 6.34. The standard InChI is InChI=1S/C17H13Cl4N3O/c18-12-2-1-11(15(20)5-12)8-25-17(7-24-10-22-9-23-24)14-4-3-13(19)6-16(14)21/h1-6,9-10,17H,7-8H2. The van der Waals surface area contributed by atoms with Gasteiger partial charge in [0.15, 0.2) is 0 Å².